The number of hydrogen-bond acceptors (Lipinski definition) is 5. The molecule has 1 aromatic heterocycles. The second-order valence-electron chi connectivity index (χ2n) is 8.58. The minimum atomic E-state index is 0. The summed E-state index contributed by atoms with van der Waals surface area (Å²) in [6, 6.07) is 11.1. The fourth-order valence-corrected chi connectivity index (χ4v) is 4.18. The normalized spacial score (nSPS) is 20.2. The summed E-state index contributed by atoms with van der Waals surface area (Å²) < 4.78 is 7.76. The summed E-state index contributed by atoms with van der Waals surface area (Å²) in [6.45, 7) is 7.32. The van der Waals surface area contributed by atoms with Crippen LogP contribution in [-0.2, 0) is 24.9 Å². The van der Waals surface area contributed by atoms with E-state index in [9.17, 15) is 0 Å². The van der Waals surface area contributed by atoms with Gasteiger partial charge in [0, 0.05) is 45.9 Å². The molecule has 3 heterocycles. The Balaban J connectivity index is 0.00000289. The molecule has 8 nitrogen and oxygen atoms in total. The molecule has 1 unspecified atom stereocenters. The van der Waals surface area contributed by atoms with Gasteiger partial charge in [0.05, 0.1) is 6.10 Å². The molecule has 2 N–H and O–H groups in total. The Morgan fingerprint density at radius 3 is 2.59 bits per heavy atom. The van der Waals surface area contributed by atoms with Gasteiger partial charge in [-0.15, -0.1) is 34.2 Å². The minimum Gasteiger partial charge on any atom is -0.376 e. The molecular weight excluding hydrogens is 517 g/mol. The number of nitrogens with zero attached hydrogens (tertiary/aromatic N) is 5. The molecule has 2 fully saturated rings. The van der Waals surface area contributed by atoms with Gasteiger partial charge < -0.3 is 19.9 Å². The van der Waals surface area contributed by atoms with Crippen molar-refractivity contribution in [1.82, 2.24) is 30.3 Å². The van der Waals surface area contributed by atoms with Gasteiger partial charge >= 0.3 is 0 Å². The summed E-state index contributed by atoms with van der Waals surface area (Å²) in [7, 11) is 1.98. The van der Waals surface area contributed by atoms with Gasteiger partial charge in [-0.25, -0.2) is 4.99 Å². The van der Waals surface area contributed by atoms with Crippen LogP contribution < -0.4 is 10.6 Å². The van der Waals surface area contributed by atoms with E-state index in [4.69, 9.17) is 9.73 Å². The number of aliphatic imine (C=N–C) groups is 1. The highest BCUT2D eigenvalue weighted by atomic mass is 127. The lowest BCUT2D eigenvalue weighted by molar-refractivity contribution is 0.113. The fraction of sp³-hybridized carbons (Fsp3) is 0.609. The summed E-state index contributed by atoms with van der Waals surface area (Å²) >= 11 is 0. The van der Waals surface area contributed by atoms with Crippen LogP contribution in [0.25, 0.3) is 0 Å². The van der Waals surface area contributed by atoms with E-state index in [0.717, 1.165) is 76.1 Å². The quantitative estimate of drug-likeness (QED) is 0.312. The summed E-state index contributed by atoms with van der Waals surface area (Å²) in [5, 5.41) is 15.5. The highest BCUT2D eigenvalue weighted by molar-refractivity contribution is 14.0. The zero-order valence-electron chi connectivity index (χ0n) is 19.2. The van der Waals surface area contributed by atoms with Gasteiger partial charge in [0.25, 0.3) is 0 Å². The maximum absolute atomic E-state index is 5.77. The molecule has 2 aliphatic rings. The molecule has 0 aliphatic carbocycles. The lowest BCUT2D eigenvalue weighted by Gasteiger charge is -2.33. The number of rotatable bonds is 7. The number of nitrogens with one attached hydrogen (secondary N) is 2. The van der Waals surface area contributed by atoms with Crippen molar-refractivity contribution in [2.75, 3.05) is 26.2 Å². The van der Waals surface area contributed by atoms with E-state index in [2.05, 4.69) is 56.1 Å². The van der Waals surface area contributed by atoms with Crippen LogP contribution in [0.2, 0.25) is 0 Å². The van der Waals surface area contributed by atoms with Gasteiger partial charge in [-0.2, -0.15) is 0 Å². The summed E-state index contributed by atoms with van der Waals surface area (Å²) in [6.07, 6.45) is 4.75. The first-order valence-corrected chi connectivity index (χ1v) is 11.4. The second kappa shape index (κ2) is 12.5. The molecule has 2 saturated heterocycles. The summed E-state index contributed by atoms with van der Waals surface area (Å²) in [5.74, 6) is 2.61. The van der Waals surface area contributed by atoms with Crippen LogP contribution in [0.5, 0.6) is 0 Å². The average molecular weight is 553 g/mol. The van der Waals surface area contributed by atoms with Crippen LogP contribution >= 0.6 is 24.0 Å². The molecule has 1 atom stereocenters. The lowest BCUT2D eigenvalue weighted by Crippen LogP contribution is -2.49. The topological polar surface area (TPSA) is 79.6 Å². The number of aryl methyl sites for hydroxylation is 1. The number of piperidine rings is 1. The molecule has 0 amide bonds. The van der Waals surface area contributed by atoms with E-state index >= 15 is 0 Å². The third-order valence-electron chi connectivity index (χ3n) is 6.26. The van der Waals surface area contributed by atoms with Crippen LogP contribution in [0.3, 0.4) is 0 Å². The monoisotopic (exact) mass is 553 g/mol. The van der Waals surface area contributed by atoms with E-state index in [1.807, 2.05) is 18.5 Å². The van der Waals surface area contributed by atoms with Crippen LogP contribution in [0.4, 0.5) is 0 Å². The number of halogens is 1. The average Bonchev–Trinajstić information content (AvgIpc) is 3.43. The van der Waals surface area contributed by atoms with Gasteiger partial charge in [0.1, 0.15) is 12.4 Å². The molecule has 0 saturated carbocycles. The van der Waals surface area contributed by atoms with Gasteiger partial charge in [0.15, 0.2) is 11.8 Å². The molecular formula is C23H36IN7O. The highest BCUT2D eigenvalue weighted by Gasteiger charge is 2.21. The van der Waals surface area contributed by atoms with Gasteiger partial charge in [0.2, 0.25) is 0 Å². The van der Waals surface area contributed by atoms with E-state index in [0.29, 0.717) is 12.6 Å². The first kappa shape index (κ1) is 24.9. The molecule has 2 aliphatic heterocycles. The Morgan fingerprint density at radius 1 is 1.16 bits per heavy atom. The van der Waals surface area contributed by atoms with Crippen molar-refractivity contribution in [3.8, 4) is 0 Å². The van der Waals surface area contributed by atoms with Crippen molar-refractivity contribution < 1.29 is 4.74 Å². The Morgan fingerprint density at radius 2 is 1.94 bits per heavy atom. The molecule has 4 rings (SSSR count). The van der Waals surface area contributed by atoms with Crippen molar-refractivity contribution in [1.29, 1.82) is 0 Å². The van der Waals surface area contributed by atoms with Crippen molar-refractivity contribution in [3.63, 3.8) is 0 Å². The molecule has 32 heavy (non-hydrogen) atoms. The van der Waals surface area contributed by atoms with Crippen molar-refractivity contribution in [2.24, 2.45) is 12.0 Å². The number of benzene rings is 1. The van der Waals surface area contributed by atoms with Crippen molar-refractivity contribution in [2.45, 2.75) is 57.8 Å². The number of hydrogen-bond donors (Lipinski definition) is 2. The van der Waals surface area contributed by atoms with Crippen LogP contribution in [0.1, 0.15) is 42.9 Å². The smallest absolute Gasteiger partial charge is 0.192 e. The SMILES string of the molecule is Cc1nnc(CN=C(NCC2CCCO2)NC2CCN(Cc3ccccc3)CC2)n1C.I. The van der Waals surface area contributed by atoms with E-state index < -0.39 is 0 Å². The molecule has 0 spiro atoms. The van der Waals surface area contributed by atoms with E-state index in [1.54, 1.807) is 0 Å². The van der Waals surface area contributed by atoms with Gasteiger partial charge in [-0.1, -0.05) is 30.3 Å². The summed E-state index contributed by atoms with van der Waals surface area (Å²) in [4.78, 5) is 7.35. The first-order chi connectivity index (χ1) is 15.2. The zero-order chi connectivity index (χ0) is 21.5. The van der Waals surface area contributed by atoms with Crippen LogP contribution in [0, 0.1) is 6.92 Å². The highest BCUT2D eigenvalue weighted by Crippen LogP contribution is 2.14. The standard InChI is InChI=1S/C23H35N7O.HI/c1-18-27-28-22(29(18)2)16-25-23(24-15-21-9-6-14-31-21)26-20-10-12-30(13-11-20)17-19-7-4-3-5-8-19;/h3-5,7-8,20-21H,6,9-17H2,1-2H3,(H2,24,25,26);1H. The maximum Gasteiger partial charge on any atom is 0.192 e. The molecule has 0 radical (unpaired) electrons. The zero-order valence-corrected chi connectivity index (χ0v) is 21.5. The fourth-order valence-electron chi connectivity index (χ4n) is 4.18. The van der Waals surface area contributed by atoms with Gasteiger partial charge in [-0.3, -0.25) is 4.90 Å². The number of likely N-dealkylation sites (tertiary alicyclic amines) is 1. The van der Waals surface area contributed by atoms with E-state index in [-0.39, 0.29) is 30.1 Å². The van der Waals surface area contributed by atoms with Gasteiger partial charge in [-0.05, 0) is 38.2 Å². The third kappa shape index (κ3) is 7.14. The predicted octanol–water partition coefficient (Wildman–Crippen LogP) is 2.62. The Labute approximate surface area is 208 Å². The minimum absolute atomic E-state index is 0. The Kier molecular flexibility index (Phi) is 9.73. The second-order valence-corrected chi connectivity index (χ2v) is 8.58. The number of ether oxygens (including phenoxy) is 1. The summed E-state index contributed by atoms with van der Waals surface area (Å²) in [5.41, 5.74) is 1.38. The predicted molar refractivity (Wildman–Crippen MR) is 137 cm³/mol. The van der Waals surface area contributed by atoms with Crippen molar-refractivity contribution >= 4 is 29.9 Å². The van der Waals surface area contributed by atoms with Crippen LogP contribution in [0.15, 0.2) is 35.3 Å². The largest absolute Gasteiger partial charge is 0.376 e. The lowest BCUT2D eigenvalue weighted by atomic mass is 10.0. The number of guanidine groups is 1. The molecule has 9 heteroatoms. The number of aromatic nitrogens is 3. The Bertz CT molecular complexity index is 843. The first-order valence-electron chi connectivity index (χ1n) is 11.4. The molecule has 176 valence electrons. The maximum atomic E-state index is 5.77. The van der Waals surface area contributed by atoms with Crippen LogP contribution in [-0.4, -0.2) is 64.0 Å². The third-order valence-corrected chi connectivity index (χ3v) is 6.26. The molecule has 1 aromatic carbocycles. The van der Waals surface area contributed by atoms with Crippen molar-refractivity contribution in [3.05, 3.63) is 47.5 Å². The molecule has 2 aromatic rings. The Hall–Kier alpha value is -1.72. The van der Waals surface area contributed by atoms with E-state index in [1.165, 1.54) is 5.56 Å². The molecule has 0 bridgehead atoms.